The Morgan fingerprint density at radius 2 is 1.47 bits per heavy atom. The number of fused-ring (bicyclic) bond motifs is 5. The van der Waals surface area contributed by atoms with Crippen molar-refractivity contribution in [1.82, 2.24) is 15.5 Å². The average molecular weight is 1000 g/mol. The van der Waals surface area contributed by atoms with Gasteiger partial charge in [-0.05, 0) is 190 Å². The Hall–Kier alpha value is -3.69. The molecule has 0 bridgehead atoms. The maximum Gasteiger partial charge on any atom is 0.408 e. The molecule has 5 rings (SSSR count). The minimum atomic E-state index is -0.603. The van der Waals surface area contributed by atoms with E-state index in [9.17, 15) is 14.4 Å². The van der Waals surface area contributed by atoms with E-state index in [4.69, 9.17) is 18.9 Å². The minimum absolute atomic E-state index is 0.0474. The van der Waals surface area contributed by atoms with Crippen LogP contribution in [0.3, 0.4) is 0 Å². The average Bonchev–Trinajstić information content (AvgIpc) is 3.65. The molecule has 72 heavy (non-hydrogen) atoms. The number of ether oxygens (including phenoxy) is 4. The zero-order chi connectivity index (χ0) is 52.9. The number of carbonyl (C=O) groups excluding carboxylic acids is 3. The van der Waals surface area contributed by atoms with Crippen LogP contribution in [0.5, 0.6) is 5.75 Å². The Bertz CT molecular complexity index is 1930. The molecule has 0 radical (unpaired) electrons. The molecule has 0 heterocycles. The number of unbranched alkanes of at least 4 members (excludes halogenated alkanes) is 4. The molecular weight excluding hydrogens is 899 g/mol. The highest BCUT2D eigenvalue weighted by molar-refractivity contribution is 5.77. The third kappa shape index (κ3) is 17.5. The summed E-state index contributed by atoms with van der Waals surface area (Å²) < 4.78 is 22.9. The normalized spacial score (nSPS) is 25.5. The lowest BCUT2D eigenvalue weighted by molar-refractivity contribution is -0.151. The molecule has 2 amide bonds. The van der Waals surface area contributed by atoms with Crippen molar-refractivity contribution in [2.24, 2.45) is 46.3 Å². The third-order valence-electron chi connectivity index (χ3n) is 17.8. The first kappa shape index (κ1) is 59.2. The van der Waals surface area contributed by atoms with Gasteiger partial charge in [0, 0.05) is 43.4 Å². The number of nitrogens with zero attached hydrogens (tertiary/aromatic N) is 1. The molecule has 10 heteroatoms. The molecule has 0 unspecified atom stereocenters. The lowest BCUT2D eigenvalue weighted by Crippen LogP contribution is -2.51. The molecule has 0 aromatic heterocycles. The molecule has 4 aliphatic carbocycles. The number of allylic oxidation sites excluding steroid dienone is 1. The lowest BCUT2D eigenvalue weighted by Gasteiger charge is -2.58. The standard InChI is InChI=1S/C62H103N3O7/c1-44(2)22-20-23-45(3)52-32-33-53-51-31-28-48-42-50(34-37-61(48,12)54(51)35-38-62(52,53)13)71-56(67)25-21-24-55(66)65(41-39-60(10,11)64-57(68)72-58(5,6)7)40-19-17-15-16-18-36-59(8,9)63-46(4)70-43-47-26-29-49(69-14)30-27-47/h26-30,44-45,50-54,63H,4,15-25,31-43H2,1-3,5-14H3,(H,64,68)/t45-,50+,51+,52-,53+,54+,61+,62-/m1/s1. The van der Waals surface area contributed by atoms with Crippen LogP contribution in [0.4, 0.5) is 4.79 Å². The summed E-state index contributed by atoms with van der Waals surface area (Å²) in [4.78, 5) is 41.9. The maximum atomic E-state index is 13.9. The van der Waals surface area contributed by atoms with Gasteiger partial charge in [0.25, 0.3) is 0 Å². The molecule has 1 aromatic carbocycles. The van der Waals surface area contributed by atoms with Gasteiger partial charge in [-0.3, -0.25) is 9.59 Å². The first-order valence-electron chi connectivity index (χ1n) is 28.7. The van der Waals surface area contributed by atoms with Crippen molar-refractivity contribution in [3.05, 3.63) is 53.9 Å². The summed E-state index contributed by atoms with van der Waals surface area (Å²) in [5, 5.41) is 6.46. The van der Waals surface area contributed by atoms with Crippen molar-refractivity contribution >= 4 is 18.0 Å². The van der Waals surface area contributed by atoms with Crippen molar-refractivity contribution in [3.63, 3.8) is 0 Å². The van der Waals surface area contributed by atoms with E-state index in [-0.39, 0.29) is 35.4 Å². The number of rotatable bonds is 28. The predicted octanol–water partition coefficient (Wildman–Crippen LogP) is 15.0. The summed E-state index contributed by atoms with van der Waals surface area (Å²) in [6.45, 7) is 32.0. The third-order valence-corrected chi connectivity index (χ3v) is 17.8. The smallest absolute Gasteiger partial charge is 0.408 e. The topological polar surface area (TPSA) is 115 Å². The van der Waals surface area contributed by atoms with Crippen LogP contribution < -0.4 is 15.4 Å². The van der Waals surface area contributed by atoms with Gasteiger partial charge >= 0.3 is 12.1 Å². The number of alkyl carbamates (subject to hydrolysis) is 1. The molecule has 8 atom stereocenters. The van der Waals surface area contributed by atoms with Crippen LogP contribution >= 0.6 is 0 Å². The first-order valence-corrected chi connectivity index (χ1v) is 28.7. The highest BCUT2D eigenvalue weighted by Gasteiger charge is 2.59. The van der Waals surface area contributed by atoms with Gasteiger partial charge in [0.15, 0.2) is 5.88 Å². The van der Waals surface area contributed by atoms with Gasteiger partial charge in [0.1, 0.15) is 24.1 Å². The fourth-order valence-corrected chi connectivity index (χ4v) is 13.7. The van der Waals surface area contributed by atoms with Gasteiger partial charge in [-0.25, -0.2) is 4.79 Å². The molecule has 4 aliphatic rings. The van der Waals surface area contributed by atoms with Crippen LogP contribution in [0.2, 0.25) is 0 Å². The lowest BCUT2D eigenvalue weighted by atomic mass is 9.47. The zero-order valence-corrected chi connectivity index (χ0v) is 47.9. The molecular formula is C62H103N3O7. The molecule has 408 valence electrons. The summed E-state index contributed by atoms with van der Waals surface area (Å²) in [6.07, 6.45) is 23.4. The maximum absolute atomic E-state index is 13.9. The Kier molecular flexibility index (Phi) is 21.5. The van der Waals surface area contributed by atoms with Gasteiger partial charge in [0.05, 0.1) is 7.11 Å². The van der Waals surface area contributed by atoms with E-state index in [2.05, 4.69) is 71.8 Å². The van der Waals surface area contributed by atoms with Gasteiger partial charge in [-0.15, -0.1) is 0 Å². The number of benzene rings is 1. The monoisotopic (exact) mass is 1000 g/mol. The number of nitrogens with one attached hydrogen (secondary N) is 2. The Morgan fingerprint density at radius 3 is 2.17 bits per heavy atom. The Labute approximate surface area is 438 Å². The van der Waals surface area contributed by atoms with Crippen molar-refractivity contribution in [3.8, 4) is 5.75 Å². The van der Waals surface area contributed by atoms with Crippen LogP contribution in [0.1, 0.15) is 223 Å². The number of amides is 2. The summed E-state index contributed by atoms with van der Waals surface area (Å²) >= 11 is 0. The molecule has 3 saturated carbocycles. The van der Waals surface area contributed by atoms with E-state index in [1.807, 2.05) is 63.8 Å². The van der Waals surface area contributed by atoms with Crippen molar-refractivity contribution in [2.45, 2.75) is 247 Å². The van der Waals surface area contributed by atoms with Crippen LogP contribution in [-0.4, -0.2) is 65.9 Å². The molecule has 1 aromatic rings. The quantitative estimate of drug-likeness (QED) is 0.0369. The molecule has 10 nitrogen and oxygen atoms in total. The molecule has 0 aliphatic heterocycles. The van der Waals surface area contributed by atoms with E-state index in [1.54, 1.807) is 7.11 Å². The summed E-state index contributed by atoms with van der Waals surface area (Å²) in [7, 11) is 1.66. The van der Waals surface area contributed by atoms with Crippen LogP contribution in [-0.2, 0) is 30.4 Å². The van der Waals surface area contributed by atoms with E-state index in [1.165, 1.54) is 56.9 Å². The number of esters is 1. The predicted molar refractivity (Wildman–Crippen MR) is 293 cm³/mol. The molecule has 0 spiro atoms. The second kappa shape index (κ2) is 26.2. The van der Waals surface area contributed by atoms with E-state index < -0.39 is 17.2 Å². The van der Waals surface area contributed by atoms with Crippen molar-refractivity contribution in [2.75, 3.05) is 20.2 Å². The van der Waals surface area contributed by atoms with Gasteiger partial charge < -0.3 is 34.5 Å². The summed E-state index contributed by atoms with van der Waals surface area (Å²) in [5.41, 5.74) is 1.93. The highest BCUT2D eigenvalue weighted by Crippen LogP contribution is 2.67. The second-order valence-corrected chi connectivity index (χ2v) is 26.2. The SMILES string of the molecule is C=C(NC(C)(C)CCCCCCCN(CCC(C)(C)NC(=O)OC(C)(C)C)C(=O)CCCC(=O)O[C@H]1CC[C@@]2(C)C(=CC[C@H]3[C@@H]4CC[C@H]([C@H](C)CCCC(C)C)[C@@]4(C)CC[C@@H]32)C1)OCc1ccc(OC)cc1. The number of hydrogen-bond donors (Lipinski definition) is 2. The van der Waals surface area contributed by atoms with Gasteiger partial charge in [-0.1, -0.05) is 103 Å². The van der Waals surface area contributed by atoms with Crippen LogP contribution in [0, 0.1) is 46.3 Å². The molecule has 3 fully saturated rings. The Morgan fingerprint density at radius 1 is 0.778 bits per heavy atom. The fourth-order valence-electron chi connectivity index (χ4n) is 13.7. The van der Waals surface area contributed by atoms with Crippen molar-refractivity contribution in [1.29, 1.82) is 0 Å². The largest absolute Gasteiger partial charge is 0.497 e. The van der Waals surface area contributed by atoms with Crippen LogP contribution in [0.15, 0.2) is 48.4 Å². The molecule has 0 saturated heterocycles. The number of carbonyl (C=O) groups is 3. The van der Waals surface area contributed by atoms with E-state index in [0.29, 0.717) is 50.3 Å². The first-order chi connectivity index (χ1) is 33.8. The zero-order valence-electron chi connectivity index (χ0n) is 47.9. The van der Waals surface area contributed by atoms with E-state index in [0.717, 1.165) is 105 Å². The van der Waals surface area contributed by atoms with Gasteiger partial charge in [0.2, 0.25) is 5.91 Å². The minimum Gasteiger partial charge on any atom is -0.497 e. The number of hydrogen-bond acceptors (Lipinski definition) is 8. The van der Waals surface area contributed by atoms with Crippen LogP contribution in [0.25, 0.3) is 0 Å². The number of methoxy groups -OCH3 is 1. The fraction of sp³-hybridized carbons (Fsp3) is 0.790. The van der Waals surface area contributed by atoms with E-state index >= 15 is 0 Å². The highest BCUT2D eigenvalue weighted by atomic mass is 16.6. The van der Waals surface area contributed by atoms with Gasteiger partial charge in [-0.2, -0.15) is 0 Å². The van der Waals surface area contributed by atoms with Crippen molar-refractivity contribution < 1.29 is 33.3 Å². The molecule has 2 N–H and O–H groups in total. The Balaban J connectivity index is 1.05. The second-order valence-electron chi connectivity index (χ2n) is 26.2. The summed E-state index contributed by atoms with van der Waals surface area (Å²) in [5.74, 6) is 6.08. The summed E-state index contributed by atoms with van der Waals surface area (Å²) in [6, 6.07) is 7.84.